The minimum Gasteiger partial charge on any atom is -0.245 e. The minimum absolute atomic E-state index is 0.858. The Bertz CT molecular complexity index is 1940. The van der Waals surface area contributed by atoms with Gasteiger partial charge in [0.15, 0.2) is 0 Å². The van der Waals surface area contributed by atoms with E-state index in [1.165, 1.54) is 183 Å². The average molecular weight is 1110 g/mol. The van der Waals surface area contributed by atoms with Gasteiger partial charge >= 0.3 is 0 Å². The van der Waals surface area contributed by atoms with Crippen LogP contribution in [-0.4, -0.2) is 43.3 Å². The van der Waals surface area contributed by atoms with Crippen molar-refractivity contribution in [3.63, 3.8) is 0 Å². The molecule has 4 aromatic carbocycles. The van der Waals surface area contributed by atoms with Crippen LogP contribution in [0.3, 0.4) is 0 Å². The first kappa shape index (κ1) is 65.1. The van der Waals surface area contributed by atoms with Crippen LogP contribution in [0.2, 0.25) is 74.0 Å². The van der Waals surface area contributed by atoms with E-state index in [2.05, 4.69) is 190 Å². The highest BCUT2D eigenvalue weighted by Crippen LogP contribution is 2.54. The second-order valence-electron chi connectivity index (χ2n) is 24.3. The maximum Gasteiger partial charge on any atom is 0.0867 e. The van der Waals surface area contributed by atoms with Crippen molar-refractivity contribution in [2.75, 3.05) is 6.54 Å². The smallest absolute Gasteiger partial charge is 0.0867 e. The lowest BCUT2D eigenvalue weighted by atomic mass is 10.3. The van der Waals surface area contributed by atoms with Crippen molar-refractivity contribution in [1.82, 2.24) is 4.44 Å². The van der Waals surface area contributed by atoms with Crippen LogP contribution in [0, 0.1) is 0 Å². The van der Waals surface area contributed by atoms with Crippen molar-refractivity contribution in [1.29, 1.82) is 0 Å². The van der Waals surface area contributed by atoms with Gasteiger partial charge in [-0.1, -0.05) is 383 Å². The second kappa shape index (κ2) is 34.5. The third-order valence-corrected chi connectivity index (χ3v) is 41.7. The number of hydrogen-bond donors (Lipinski definition) is 0. The molecule has 74 heavy (non-hydrogen) atoms. The van der Waals surface area contributed by atoms with Gasteiger partial charge in [0.2, 0.25) is 0 Å². The lowest BCUT2D eigenvalue weighted by Gasteiger charge is -2.41. The first-order valence-electron chi connectivity index (χ1n) is 31.7. The van der Waals surface area contributed by atoms with Gasteiger partial charge in [0.1, 0.15) is 0 Å². The lowest BCUT2D eigenvalue weighted by Crippen LogP contribution is -2.49. The summed E-state index contributed by atoms with van der Waals surface area (Å²) in [4.78, 5) is 0. The van der Waals surface area contributed by atoms with Crippen LogP contribution in [0.5, 0.6) is 0 Å². The Labute approximate surface area is 467 Å². The molecule has 0 bridgehead atoms. The molecule has 1 atom stereocenters. The molecule has 414 valence electrons. The van der Waals surface area contributed by atoms with Crippen LogP contribution in [0.15, 0.2) is 97.1 Å². The van der Waals surface area contributed by atoms with Gasteiger partial charge < -0.3 is 0 Å². The molecule has 1 nitrogen and oxygen atoms in total. The molecular weight excluding hydrogens is 993 g/mol. The average Bonchev–Trinajstić information content (AvgIpc) is 3.42. The zero-order valence-corrected chi connectivity index (χ0v) is 56.6. The van der Waals surface area contributed by atoms with E-state index in [9.17, 15) is 0 Å². The normalized spacial score (nSPS) is 13.1. The minimum atomic E-state index is -1.74. The fraction of sp³-hybridized carbons (Fsp3) is 0.642. The highest BCUT2D eigenvalue weighted by atomic mass is 31.2. The molecule has 0 N–H and O–H groups in total. The van der Waals surface area contributed by atoms with Crippen LogP contribution in [0.1, 0.15) is 198 Å². The Kier molecular flexibility index (Phi) is 30.4. The molecule has 4 aromatic rings. The van der Waals surface area contributed by atoms with Gasteiger partial charge in [0.05, 0.1) is 32.3 Å². The molecule has 0 aromatic heterocycles. The number of rotatable bonds is 40. The van der Waals surface area contributed by atoms with Gasteiger partial charge in [0, 0.05) is 22.7 Å². The third-order valence-electron chi connectivity index (χ3n) is 17.4. The number of unbranched alkanes of at least 4 members (excludes halogenated alkanes) is 10. The predicted molar refractivity (Wildman–Crippen MR) is 356 cm³/mol. The maximum atomic E-state index is 3.17. The highest BCUT2D eigenvalue weighted by molar-refractivity contribution is 7.85. The number of hydrogen-bond acceptors (Lipinski definition) is 1. The summed E-state index contributed by atoms with van der Waals surface area (Å²) < 4.78 is 3.17. The van der Waals surface area contributed by atoms with E-state index < -0.39 is 48.4 Å². The molecule has 0 amide bonds. The van der Waals surface area contributed by atoms with Crippen LogP contribution >= 0.6 is 16.1 Å². The SMILES string of the molecule is CCCCN(P(c1ccc([Si](CCCC)(CCCC)CCCC)cc1)c1ccc([Si](CCCC)(CCCC)CCCC)cc1)P(c1ccc([Si](CCCC)(CCCC)CCCC)cc1)c1ccccc1[Si](C)(C)C. The Balaban J connectivity index is 2.13. The van der Waals surface area contributed by atoms with Gasteiger partial charge in [-0.2, -0.15) is 0 Å². The summed E-state index contributed by atoms with van der Waals surface area (Å²) in [5.41, 5.74) is 0. The van der Waals surface area contributed by atoms with Gasteiger partial charge in [-0.3, -0.25) is 0 Å². The molecule has 0 saturated heterocycles. The van der Waals surface area contributed by atoms with E-state index in [4.69, 9.17) is 0 Å². The predicted octanol–water partition coefficient (Wildman–Crippen LogP) is 18.9. The summed E-state index contributed by atoms with van der Waals surface area (Å²) in [6.45, 7) is 33.1. The highest BCUT2D eigenvalue weighted by Gasteiger charge is 2.39. The Morgan fingerprint density at radius 2 is 0.568 bits per heavy atom. The topological polar surface area (TPSA) is 3.24 Å². The fourth-order valence-electron chi connectivity index (χ4n) is 12.6. The molecule has 0 aliphatic heterocycles. The van der Waals surface area contributed by atoms with Gasteiger partial charge in [-0.25, -0.2) is 4.44 Å². The largest absolute Gasteiger partial charge is 0.245 e. The molecule has 0 heterocycles. The van der Waals surface area contributed by atoms with E-state index in [0.717, 1.165) is 6.54 Å². The van der Waals surface area contributed by atoms with Gasteiger partial charge in [-0.15, -0.1) is 0 Å². The quantitative estimate of drug-likeness (QED) is 0.0317. The summed E-state index contributed by atoms with van der Waals surface area (Å²) in [5.74, 6) is 0. The van der Waals surface area contributed by atoms with Crippen LogP contribution in [0.25, 0.3) is 0 Å². The van der Waals surface area contributed by atoms with E-state index >= 15 is 0 Å². The summed E-state index contributed by atoms with van der Waals surface area (Å²) in [7, 11) is -8.48. The van der Waals surface area contributed by atoms with E-state index in [1.807, 2.05) is 0 Å². The molecule has 0 saturated carbocycles. The van der Waals surface area contributed by atoms with Crippen molar-refractivity contribution >= 4 is 90.4 Å². The van der Waals surface area contributed by atoms with E-state index in [0.29, 0.717) is 0 Å². The third kappa shape index (κ3) is 18.3. The Morgan fingerprint density at radius 3 is 0.824 bits per heavy atom. The maximum absolute atomic E-state index is 3.17. The van der Waals surface area contributed by atoms with E-state index in [-0.39, 0.29) is 0 Å². The molecule has 0 fully saturated rings. The van der Waals surface area contributed by atoms with Crippen LogP contribution in [0.4, 0.5) is 0 Å². The molecule has 4 rings (SSSR count). The number of nitrogens with zero attached hydrogens (tertiary/aromatic N) is 1. The van der Waals surface area contributed by atoms with E-state index in [1.54, 1.807) is 42.0 Å². The number of benzene rings is 4. The van der Waals surface area contributed by atoms with Crippen molar-refractivity contribution < 1.29 is 0 Å². The van der Waals surface area contributed by atoms with Crippen molar-refractivity contribution in [3.05, 3.63) is 97.1 Å². The lowest BCUT2D eigenvalue weighted by molar-refractivity contribution is 0.646. The van der Waals surface area contributed by atoms with Gasteiger partial charge in [0.25, 0.3) is 0 Å². The zero-order valence-electron chi connectivity index (χ0n) is 50.8. The first-order valence-corrected chi connectivity index (χ1v) is 45.6. The summed E-state index contributed by atoms with van der Waals surface area (Å²) in [5, 5.41) is 13.3. The van der Waals surface area contributed by atoms with Crippen molar-refractivity contribution in [2.24, 2.45) is 0 Å². The first-order chi connectivity index (χ1) is 35.9. The molecule has 0 radical (unpaired) electrons. The van der Waals surface area contributed by atoms with Crippen molar-refractivity contribution in [2.45, 2.75) is 272 Å². The zero-order chi connectivity index (χ0) is 53.9. The molecular formula is C67H115NP2Si4. The summed E-state index contributed by atoms with van der Waals surface area (Å²) >= 11 is 0. The molecule has 0 aliphatic carbocycles. The standard InChI is InChI=1S/C67H115NP2Si4/c1-14-24-50-68(70(66-36-34-35-37-67(66)71(11,12)13)62-42-48-65(49-43-62)74(57-31-21-8,58-32-22-9)59-33-23-10)69(60-38-44-63(45-39-60)72(51-25-15-2,52-26-16-3)53-27-17-4)61-40-46-64(47-41-61)73(54-28-18-5,55-29-19-6)56-30-20-7/h34-49H,14-33,50-59H2,1-13H3. The molecule has 0 spiro atoms. The second-order valence-corrected chi connectivity index (χ2v) is 47.8. The Hall–Kier alpha value is -1.43. The fourth-order valence-corrected chi connectivity index (χ4v) is 38.2. The van der Waals surface area contributed by atoms with Crippen LogP contribution < -0.4 is 42.0 Å². The summed E-state index contributed by atoms with van der Waals surface area (Å²) in [6, 6.07) is 55.6. The summed E-state index contributed by atoms with van der Waals surface area (Å²) in [6.07, 6.45) is 26.6. The van der Waals surface area contributed by atoms with Crippen LogP contribution in [-0.2, 0) is 0 Å². The Morgan fingerprint density at radius 1 is 0.311 bits per heavy atom. The molecule has 1 unspecified atom stereocenters. The van der Waals surface area contributed by atoms with Gasteiger partial charge in [-0.05, 0) is 27.6 Å². The molecule has 0 aliphatic rings. The molecule has 7 heteroatoms. The monoisotopic (exact) mass is 1110 g/mol. The van der Waals surface area contributed by atoms with Crippen molar-refractivity contribution in [3.8, 4) is 0 Å².